The van der Waals surface area contributed by atoms with Crippen molar-refractivity contribution in [3.8, 4) is 0 Å². The van der Waals surface area contributed by atoms with E-state index in [0.29, 0.717) is 22.8 Å². The minimum absolute atomic E-state index is 0.300. The zero-order valence-corrected chi connectivity index (χ0v) is 14.9. The number of hydrogen-bond donors (Lipinski definition) is 2. The van der Waals surface area contributed by atoms with E-state index in [9.17, 15) is 9.59 Å². The van der Waals surface area contributed by atoms with E-state index < -0.39 is 5.97 Å². The summed E-state index contributed by atoms with van der Waals surface area (Å²) in [7, 11) is 1.30. The third-order valence-corrected chi connectivity index (χ3v) is 3.85. The van der Waals surface area contributed by atoms with Crippen molar-refractivity contribution in [3.63, 3.8) is 0 Å². The smallest absolute Gasteiger partial charge is 0.337 e. The summed E-state index contributed by atoms with van der Waals surface area (Å²) < 4.78 is 4.67. The molecule has 1 heterocycles. The Bertz CT molecular complexity index is 971. The second-order valence-corrected chi connectivity index (χ2v) is 5.76. The number of rotatable bonds is 5. The van der Waals surface area contributed by atoms with Crippen LogP contribution in [0, 0.1) is 6.92 Å². The normalized spacial score (nSPS) is 10.1. The topological polar surface area (TPSA) is 93.2 Å². The first-order valence-corrected chi connectivity index (χ1v) is 8.21. The number of aromatic nitrogens is 2. The Kier molecular flexibility index (Phi) is 5.41. The first-order chi connectivity index (χ1) is 13.1. The number of nitrogens with one attached hydrogen (secondary N) is 2. The number of hydrogen-bond acceptors (Lipinski definition) is 6. The van der Waals surface area contributed by atoms with Crippen LogP contribution in [0.3, 0.4) is 0 Å². The van der Waals surface area contributed by atoms with Gasteiger partial charge in [0, 0.05) is 23.8 Å². The lowest BCUT2D eigenvalue weighted by molar-refractivity contribution is 0.0600. The van der Waals surface area contributed by atoms with E-state index in [0.717, 1.165) is 11.3 Å². The lowest BCUT2D eigenvalue weighted by Gasteiger charge is -2.09. The van der Waals surface area contributed by atoms with Gasteiger partial charge < -0.3 is 15.4 Å². The summed E-state index contributed by atoms with van der Waals surface area (Å²) in [5, 5.41) is 5.82. The molecule has 0 unspecified atom stereocenters. The Balaban J connectivity index is 1.69. The fourth-order valence-corrected chi connectivity index (χ4v) is 2.39. The van der Waals surface area contributed by atoms with Gasteiger partial charge >= 0.3 is 5.97 Å². The Hall–Kier alpha value is -3.74. The molecule has 1 amide bonds. The number of amides is 1. The van der Waals surface area contributed by atoms with Crippen LogP contribution >= 0.6 is 0 Å². The van der Waals surface area contributed by atoms with Crippen molar-refractivity contribution in [2.24, 2.45) is 0 Å². The molecular weight excluding hydrogens is 344 g/mol. The summed E-state index contributed by atoms with van der Waals surface area (Å²) in [4.78, 5) is 32.3. The molecule has 2 N–H and O–H groups in total. The van der Waals surface area contributed by atoms with Gasteiger partial charge in [0.15, 0.2) is 0 Å². The molecule has 0 saturated heterocycles. The Morgan fingerprint density at radius 2 is 1.70 bits per heavy atom. The summed E-state index contributed by atoms with van der Waals surface area (Å²) in [5.74, 6) is -0.450. The Labute approximate surface area is 156 Å². The van der Waals surface area contributed by atoms with Gasteiger partial charge in [-0.3, -0.25) is 4.79 Å². The van der Waals surface area contributed by atoms with Crippen molar-refractivity contribution in [3.05, 3.63) is 77.6 Å². The minimum Gasteiger partial charge on any atom is -0.465 e. The maximum atomic E-state index is 12.4. The predicted octanol–water partition coefficient (Wildman–Crippen LogP) is 3.57. The van der Waals surface area contributed by atoms with Gasteiger partial charge in [-0.05, 0) is 36.8 Å². The van der Waals surface area contributed by atoms with Crippen molar-refractivity contribution in [1.82, 2.24) is 9.97 Å². The van der Waals surface area contributed by atoms with E-state index in [2.05, 4.69) is 25.3 Å². The SMILES string of the molecule is COC(=O)c1cccc(NC(=O)c2cnc(Nc3ccccc3C)nc2)c1. The molecule has 1 aromatic heterocycles. The molecule has 0 bridgehead atoms. The summed E-state index contributed by atoms with van der Waals surface area (Å²) in [5.41, 5.74) is 3.09. The molecule has 27 heavy (non-hydrogen) atoms. The average Bonchev–Trinajstić information content (AvgIpc) is 2.70. The van der Waals surface area contributed by atoms with Crippen molar-refractivity contribution in [1.29, 1.82) is 0 Å². The monoisotopic (exact) mass is 362 g/mol. The first kappa shape index (κ1) is 18.1. The fraction of sp³-hybridized carbons (Fsp3) is 0.100. The molecule has 3 rings (SSSR count). The number of para-hydroxylation sites is 1. The third-order valence-electron chi connectivity index (χ3n) is 3.85. The van der Waals surface area contributed by atoms with Crippen molar-refractivity contribution in [2.75, 3.05) is 17.7 Å². The van der Waals surface area contributed by atoms with Crippen LogP contribution in [0.25, 0.3) is 0 Å². The molecular formula is C20H18N4O3. The number of carbonyl (C=O) groups excluding carboxylic acids is 2. The van der Waals surface area contributed by atoms with Crippen LogP contribution in [0.2, 0.25) is 0 Å². The van der Waals surface area contributed by atoms with Gasteiger partial charge in [-0.1, -0.05) is 24.3 Å². The van der Waals surface area contributed by atoms with Gasteiger partial charge in [-0.15, -0.1) is 0 Å². The van der Waals surface area contributed by atoms with Crippen LogP contribution in [-0.2, 0) is 4.74 Å². The maximum absolute atomic E-state index is 12.4. The number of benzene rings is 2. The molecule has 0 aliphatic carbocycles. The average molecular weight is 362 g/mol. The Morgan fingerprint density at radius 3 is 2.41 bits per heavy atom. The number of esters is 1. The maximum Gasteiger partial charge on any atom is 0.337 e. The quantitative estimate of drug-likeness (QED) is 0.674. The first-order valence-electron chi connectivity index (χ1n) is 8.21. The second-order valence-electron chi connectivity index (χ2n) is 5.76. The molecule has 0 aliphatic rings. The molecule has 0 atom stereocenters. The summed E-state index contributed by atoms with van der Waals surface area (Å²) in [6.07, 6.45) is 2.88. The van der Waals surface area contributed by atoms with Gasteiger partial charge in [-0.25, -0.2) is 14.8 Å². The van der Waals surface area contributed by atoms with Gasteiger partial charge in [-0.2, -0.15) is 0 Å². The Morgan fingerprint density at radius 1 is 0.963 bits per heavy atom. The lowest BCUT2D eigenvalue weighted by Crippen LogP contribution is -2.13. The van der Waals surface area contributed by atoms with Crippen LogP contribution in [0.5, 0.6) is 0 Å². The van der Waals surface area contributed by atoms with Gasteiger partial charge in [0.25, 0.3) is 5.91 Å². The number of carbonyl (C=O) groups is 2. The van der Waals surface area contributed by atoms with Gasteiger partial charge in [0.1, 0.15) is 0 Å². The van der Waals surface area contributed by atoms with Gasteiger partial charge in [0.2, 0.25) is 5.95 Å². The third kappa shape index (κ3) is 4.46. The van der Waals surface area contributed by atoms with Crippen LogP contribution in [0.4, 0.5) is 17.3 Å². The number of ether oxygens (including phenoxy) is 1. The minimum atomic E-state index is -0.471. The molecule has 0 saturated carbocycles. The number of methoxy groups -OCH3 is 1. The van der Waals surface area contributed by atoms with E-state index in [1.807, 2.05) is 31.2 Å². The van der Waals surface area contributed by atoms with E-state index in [-0.39, 0.29) is 5.91 Å². The molecule has 2 aromatic carbocycles. The summed E-state index contributed by atoms with van der Waals surface area (Å²) in [6.45, 7) is 1.98. The summed E-state index contributed by atoms with van der Waals surface area (Å²) >= 11 is 0. The number of anilines is 3. The molecule has 136 valence electrons. The van der Waals surface area contributed by atoms with Crippen LogP contribution in [-0.4, -0.2) is 29.0 Å². The summed E-state index contributed by atoms with van der Waals surface area (Å²) in [6, 6.07) is 14.3. The zero-order valence-electron chi connectivity index (χ0n) is 14.9. The number of aryl methyl sites for hydroxylation is 1. The lowest BCUT2D eigenvalue weighted by atomic mass is 10.2. The predicted molar refractivity (Wildman–Crippen MR) is 102 cm³/mol. The largest absolute Gasteiger partial charge is 0.465 e. The van der Waals surface area contributed by atoms with E-state index in [4.69, 9.17) is 0 Å². The molecule has 0 fully saturated rings. The van der Waals surface area contributed by atoms with E-state index in [1.54, 1.807) is 24.3 Å². The highest BCUT2D eigenvalue weighted by molar-refractivity contribution is 6.04. The highest BCUT2D eigenvalue weighted by atomic mass is 16.5. The standard InChI is InChI=1S/C20H18N4O3/c1-13-6-3-4-9-17(13)24-20-21-11-15(12-22-20)18(25)23-16-8-5-7-14(10-16)19(26)27-2/h3-12H,1-2H3,(H,23,25)(H,21,22,24). The van der Waals surface area contributed by atoms with Crippen molar-refractivity contribution < 1.29 is 14.3 Å². The van der Waals surface area contributed by atoms with Gasteiger partial charge in [0.05, 0.1) is 18.2 Å². The fourth-order valence-electron chi connectivity index (χ4n) is 2.39. The van der Waals surface area contributed by atoms with E-state index in [1.165, 1.54) is 19.5 Å². The second kappa shape index (κ2) is 8.09. The van der Waals surface area contributed by atoms with Crippen molar-refractivity contribution >= 4 is 29.2 Å². The molecule has 0 radical (unpaired) electrons. The highest BCUT2D eigenvalue weighted by Gasteiger charge is 2.11. The van der Waals surface area contributed by atoms with Crippen molar-refractivity contribution in [2.45, 2.75) is 6.92 Å². The zero-order chi connectivity index (χ0) is 19.2. The molecule has 7 nitrogen and oxygen atoms in total. The molecule has 0 aliphatic heterocycles. The molecule has 7 heteroatoms. The van der Waals surface area contributed by atoms with E-state index >= 15 is 0 Å². The van der Waals surface area contributed by atoms with Crippen LogP contribution < -0.4 is 10.6 Å². The van der Waals surface area contributed by atoms with Crippen LogP contribution in [0.1, 0.15) is 26.3 Å². The number of nitrogens with zero attached hydrogens (tertiary/aromatic N) is 2. The van der Waals surface area contributed by atoms with Crippen LogP contribution in [0.15, 0.2) is 60.9 Å². The molecule has 0 spiro atoms. The highest BCUT2D eigenvalue weighted by Crippen LogP contribution is 2.17. The molecule has 3 aromatic rings.